The summed E-state index contributed by atoms with van der Waals surface area (Å²) < 4.78 is 17.2. The summed E-state index contributed by atoms with van der Waals surface area (Å²) in [7, 11) is 0. The monoisotopic (exact) mass is 562 g/mol. The molecular formula is C33H31FN6O2. The molecule has 4 aromatic rings. The molecule has 2 amide bonds. The molecule has 0 spiro atoms. The van der Waals surface area contributed by atoms with E-state index in [-0.39, 0.29) is 36.1 Å². The van der Waals surface area contributed by atoms with Crippen LogP contribution in [0.1, 0.15) is 83.4 Å². The Morgan fingerprint density at radius 2 is 1.98 bits per heavy atom. The first-order chi connectivity index (χ1) is 20.4. The standard InChI is InChI=1S/C33H31FN6O2/c1-19-23-6-3-2-5-20(23)11-14-39(19)33(42)29-17-30(21-7-8-21)40-31(37-29)18-28(38-40)24-10-9-22(15-27(24)34)25-16-26(25)32(41)36-13-4-12-35/h2-3,5-6,9-10,15,17-19,21,25-26H,4,7-8,11,13-14,16H2,1H3,(H,36,41)/t19-,25-,26+/m1/s1. The van der Waals surface area contributed by atoms with Gasteiger partial charge in [-0.3, -0.25) is 9.59 Å². The maximum atomic E-state index is 15.4. The molecule has 8 nitrogen and oxygen atoms in total. The van der Waals surface area contributed by atoms with Crippen LogP contribution in [0.25, 0.3) is 16.9 Å². The van der Waals surface area contributed by atoms with Gasteiger partial charge in [0.15, 0.2) is 5.65 Å². The minimum atomic E-state index is -0.406. The molecule has 42 heavy (non-hydrogen) atoms. The van der Waals surface area contributed by atoms with E-state index in [1.165, 1.54) is 17.2 Å². The highest BCUT2D eigenvalue weighted by Crippen LogP contribution is 2.48. The van der Waals surface area contributed by atoms with E-state index in [9.17, 15) is 9.59 Å². The highest BCUT2D eigenvalue weighted by atomic mass is 19.1. The molecule has 0 radical (unpaired) electrons. The van der Waals surface area contributed by atoms with E-state index in [4.69, 9.17) is 15.3 Å². The molecular weight excluding hydrogens is 531 g/mol. The molecule has 2 fully saturated rings. The van der Waals surface area contributed by atoms with Crippen molar-refractivity contribution in [2.45, 2.75) is 56.9 Å². The van der Waals surface area contributed by atoms with Crippen LogP contribution in [-0.4, -0.2) is 44.4 Å². The SMILES string of the molecule is C[C@@H]1c2ccccc2CCN1C(=O)c1cc(C2CC2)n2nc(-c3ccc([C@H]4C[C@@H]4C(=O)NCCC#N)cc3F)cc2n1. The predicted molar refractivity (Wildman–Crippen MR) is 154 cm³/mol. The van der Waals surface area contributed by atoms with Crippen LogP contribution in [0.4, 0.5) is 4.39 Å². The number of carbonyl (C=O) groups excluding carboxylic acids is 2. The van der Waals surface area contributed by atoms with Gasteiger partial charge in [-0.2, -0.15) is 10.4 Å². The van der Waals surface area contributed by atoms with Gasteiger partial charge in [-0.1, -0.05) is 30.3 Å². The maximum absolute atomic E-state index is 15.4. The number of hydrogen-bond donors (Lipinski definition) is 1. The summed E-state index contributed by atoms with van der Waals surface area (Å²) in [6.45, 7) is 3.02. The molecule has 2 aliphatic carbocycles. The number of halogens is 1. The number of fused-ring (bicyclic) bond motifs is 2. The van der Waals surface area contributed by atoms with E-state index < -0.39 is 5.82 Å². The Bertz CT molecular complexity index is 1770. The molecule has 2 aromatic heterocycles. The molecule has 2 saturated carbocycles. The van der Waals surface area contributed by atoms with E-state index in [1.54, 1.807) is 16.6 Å². The molecule has 3 atom stereocenters. The topological polar surface area (TPSA) is 103 Å². The first-order valence-corrected chi connectivity index (χ1v) is 14.7. The Kier molecular flexibility index (Phi) is 6.49. The van der Waals surface area contributed by atoms with Crippen molar-refractivity contribution < 1.29 is 14.0 Å². The van der Waals surface area contributed by atoms with E-state index in [1.807, 2.05) is 35.2 Å². The minimum Gasteiger partial charge on any atom is -0.355 e. The molecule has 1 N–H and O–H groups in total. The highest BCUT2D eigenvalue weighted by Gasteiger charge is 2.44. The molecule has 0 bridgehead atoms. The second-order valence-electron chi connectivity index (χ2n) is 11.7. The Morgan fingerprint density at radius 3 is 2.76 bits per heavy atom. The van der Waals surface area contributed by atoms with Crippen LogP contribution in [0.5, 0.6) is 0 Å². The number of nitriles is 1. The van der Waals surface area contributed by atoms with Gasteiger partial charge >= 0.3 is 0 Å². The summed E-state index contributed by atoms with van der Waals surface area (Å²) in [5.74, 6) is -0.522. The molecule has 3 aliphatic rings. The molecule has 3 heterocycles. The van der Waals surface area contributed by atoms with E-state index in [0.717, 1.165) is 30.5 Å². The van der Waals surface area contributed by atoms with Crippen molar-refractivity contribution in [3.8, 4) is 17.3 Å². The Balaban J connectivity index is 1.15. The molecule has 1 aliphatic heterocycles. The Labute approximate surface area is 243 Å². The number of hydrogen-bond acceptors (Lipinski definition) is 5. The van der Waals surface area contributed by atoms with Crippen molar-refractivity contribution in [2.75, 3.05) is 13.1 Å². The fourth-order valence-corrected chi connectivity index (χ4v) is 6.30. The first kappa shape index (κ1) is 26.3. The molecule has 0 saturated heterocycles. The van der Waals surface area contributed by atoms with Crippen LogP contribution < -0.4 is 5.32 Å². The third-order valence-electron chi connectivity index (χ3n) is 8.89. The summed E-state index contributed by atoms with van der Waals surface area (Å²) in [5, 5.41) is 16.2. The summed E-state index contributed by atoms with van der Waals surface area (Å²) in [4.78, 5) is 32.7. The van der Waals surface area contributed by atoms with Crippen LogP contribution >= 0.6 is 0 Å². The third kappa shape index (κ3) is 4.71. The zero-order valence-corrected chi connectivity index (χ0v) is 23.4. The molecule has 9 heteroatoms. The molecule has 7 rings (SSSR count). The van der Waals surface area contributed by atoms with Crippen LogP contribution in [0, 0.1) is 23.1 Å². The van der Waals surface area contributed by atoms with Crippen LogP contribution in [0.3, 0.4) is 0 Å². The van der Waals surface area contributed by atoms with Crippen molar-refractivity contribution in [1.82, 2.24) is 24.8 Å². The second-order valence-corrected chi connectivity index (χ2v) is 11.7. The number of carbonyl (C=O) groups is 2. The summed E-state index contributed by atoms with van der Waals surface area (Å²) in [6, 6.07) is 18.9. The zero-order chi connectivity index (χ0) is 29.0. The number of nitrogens with zero attached hydrogens (tertiary/aromatic N) is 5. The minimum absolute atomic E-state index is 0.0300. The van der Waals surface area contributed by atoms with Gasteiger partial charge in [-0.25, -0.2) is 13.9 Å². The lowest BCUT2D eigenvalue weighted by Crippen LogP contribution is -2.39. The van der Waals surface area contributed by atoms with Crippen LogP contribution in [0.15, 0.2) is 54.6 Å². The van der Waals surface area contributed by atoms with E-state index >= 15 is 4.39 Å². The third-order valence-corrected chi connectivity index (χ3v) is 8.89. The van der Waals surface area contributed by atoms with Gasteiger partial charge in [0, 0.05) is 42.2 Å². The van der Waals surface area contributed by atoms with Gasteiger partial charge in [0.05, 0.1) is 24.2 Å². The van der Waals surface area contributed by atoms with Gasteiger partial charge < -0.3 is 10.2 Å². The number of rotatable bonds is 7. The largest absolute Gasteiger partial charge is 0.355 e. The van der Waals surface area contributed by atoms with Gasteiger partial charge in [-0.05, 0) is 73.4 Å². The molecule has 2 aromatic carbocycles. The quantitative estimate of drug-likeness (QED) is 0.308. The van der Waals surface area contributed by atoms with E-state index in [2.05, 4.69) is 24.4 Å². The summed E-state index contributed by atoms with van der Waals surface area (Å²) in [5.41, 5.74) is 5.90. The van der Waals surface area contributed by atoms with Crippen molar-refractivity contribution in [2.24, 2.45) is 5.92 Å². The Hall–Kier alpha value is -4.58. The van der Waals surface area contributed by atoms with Crippen LogP contribution in [-0.2, 0) is 11.2 Å². The average molecular weight is 563 g/mol. The lowest BCUT2D eigenvalue weighted by Gasteiger charge is -2.35. The summed E-state index contributed by atoms with van der Waals surface area (Å²) in [6.07, 6.45) is 3.78. The molecule has 212 valence electrons. The lowest BCUT2D eigenvalue weighted by molar-refractivity contribution is -0.122. The smallest absolute Gasteiger partial charge is 0.273 e. The van der Waals surface area contributed by atoms with Gasteiger partial charge in [0.1, 0.15) is 11.5 Å². The maximum Gasteiger partial charge on any atom is 0.273 e. The fraction of sp³-hybridized carbons (Fsp3) is 0.364. The number of nitrogens with one attached hydrogen (secondary N) is 1. The van der Waals surface area contributed by atoms with Gasteiger partial charge in [-0.15, -0.1) is 0 Å². The van der Waals surface area contributed by atoms with Crippen molar-refractivity contribution >= 4 is 17.5 Å². The van der Waals surface area contributed by atoms with Crippen LogP contribution in [0.2, 0.25) is 0 Å². The average Bonchev–Trinajstić information content (AvgIpc) is 3.93. The van der Waals surface area contributed by atoms with Gasteiger partial charge in [0.25, 0.3) is 5.91 Å². The van der Waals surface area contributed by atoms with Crippen molar-refractivity contribution in [1.29, 1.82) is 5.26 Å². The number of amides is 2. The second kappa shape index (κ2) is 10.4. The highest BCUT2D eigenvalue weighted by molar-refractivity contribution is 5.93. The van der Waals surface area contributed by atoms with Crippen molar-refractivity contribution in [3.63, 3.8) is 0 Å². The normalized spacial score (nSPS) is 21.1. The first-order valence-electron chi connectivity index (χ1n) is 14.7. The fourth-order valence-electron chi connectivity index (χ4n) is 6.30. The molecule has 0 unspecified atom stereocenters. The number of benzene rings is 2. The predicted octanol–water partition coefficient (Wildman–Crippen LogP) is 5.31. The Morgan fingerprint density at radius 1 is 1.14 bits per heavy atom. The summed E-state index contributed by atoms with van der Waals surface area (Å²) >= 11 is 0. The lowest BCUT2D eigenvalue weighted by atomic mass is 9.93. The van der Waals surface area contributed by atoms with E-state index in [0.29, 0.717) is 48.0 Å². The zero-order valence-electron chi connectivity index (χ0n) is 23.4. The number of aromatic nitrogens is 3. The van der Waals surface area contributed by atoms with Gasteiger partial charge in [0.2, 0.25) is 5.91 Å². The van der Waals surface area contributed by atoms with Crippen molar-refractivity contribution in [3.05, 3.63) is 88.5 Å².